The van der Waals surface area contributed by atoms with E-state index in [0.29, 0.717) is 22.3 Å². The number of carbonyl (C=O) groups excluding carboxylic acids is 1. The first-order valence-electron chi connectivity index (χ1n) is 11.7. The molecule has 1 atom stereocenters. The number of esters is 1. The Labute approximate surface area is 222 Å². The first kappa shape index (κ1) is 26.6. The van der Waals surface area contributed by atoms with E-state index in [9.17, 15) is 14.4 Å². The Morgan fingerprint density at radius 2 is 1.76 bits per heavy atom. The summed E-state index contributed by atoms with van der Waals surface area (Å²) < 4.78 is 12.8. The number of rotatable bonds is 8. The van der Waals surface area contributed by atoms with Crippen LogP contribution < -0.4 is 21.7 Å². The number of aryl methyl sites for hydroxylation is 1. The Morgan fingerprint density at radius 1 is 1.05 bits per heavy atom. The number of nitrogens with zero attached hydrogens (tertiary/aromatic N) is 4. The van der Waals surface area contributed by atoms with Crippen LogP contribution in [0.3, 0.4) is 0 Å². The average Bonchev–Trinajstić information content (AvgIpc) is 2.91. The van der Waals surface area contributed by atoms with Gasteiger partial charge in [0.2, 0.25) is 11.5 Å². The highest BCUT2D eigenvalue weighted by Gasteiger charge is 2.18. The van der Waals surface area contributed by atoms with Gasteiger partial charge in [0.15, 0.2) is 0 Å². The normalized spacial score (nSPS) is 12.3. The second-order valence-electron chi connectivity index (χ2n) is 8.67. The maximum atomic E-state index is 13.5. The van der Waals surface area contributed by atoms with E-state index in [-0.39, 0.29) is 18.7 Å². The summed E-state index contributed by atoms with van der Waals surface area (Å²) in [6.07, 6.45) is 1.48. The second-order valence-corrected chi connectivity index (χ2v) is 9.10. The number of aromatic amines is 1. The summed E-state index contributed by atoms with van der Waals surface area (Å²) in [6.45, 7) is 3.57. The highest BCUT2D eigenvalue weighted by Crippen LogP contribution is 2.23. The Hall–Kier alpha value is -4.44. The molecule has 0 radical (unpaired) electrons. The number of methoxy groups -OCH3 is 1. The Kier molecular flexibility index (Phi) is 8.22. The number of hydrogen-bond acceptors (Lipinski definition) is 7. The number of aromatic nitrogens is 4. The fourth-order valence-corrected chi connectivity index (χ4v) is 3.74. The van der Waals surface area contributed by atoms with Gasteiger partial charge in [-0.3, -0.25) is 14.3 Å². The van der Waals surface area contributed by atoms with Gasteiger partial charge < -0.3 is 9.47 Å². The lowest BCUT2D eigenvalue weighted by atomic mass is 10.1. The number of benzene rings is 2. The predicted octanol–water partition coefficient (Wildman–Crippen LogP) is 3.58. The zero-order chi connectivity index (χ0) is 27.2. The van der Waals surface area contributed by atoms with E-state index in [0.717, 1.165) is 15.7 Å². The van der Waals surface area contributed by atoms with Crippen LogP contribution in [0.15, 0.2) is 81.4 Å². The quantitative estimate of drug-likeness (QED) is 0.344. The molecular weight excluding hydrogens is 510 g/mol. The third-order valence-corrected chi connectivity index (χ3v) is 5.92. The minimum absolute atomic E-state index is 0.0654. The van der Waals surface area contributed by atoms with Crippen molar-refractivity contribution < 1.29 is 14.3 Å². The van der Waals surface area contributed by atoms with Crippen molar-refractivity contribution in [2.24, 2.45) is 10.9 Å². The van der Waals surface area contributed by atoms with Gasteiger partial charge in [-0.15, -0.1) is 0 Å². The molecule has 2 aromatic heterocycles. The molecule has 0 amide bonds. The van der Waals surface area contributed by atoms with Crippen LogP contribution in [0.2, 0.25) is 5.02 Å². The smallest absolute Gasteiger partial charge is 0.335 e. The van der Waals surface area contributed by atoms with Crippen LogP contribution in [0, 0.1) is 12.8 Å². The molecule has 0 aliphatic carbocycles. The van der Waals surface area contributed by atoms with Crippen LogP contribution in [0.4, 0.5) is 5.69 Å². The van der Waals surface area contributed by atoms with Gasteiger partial charge in [-0.2, -0.15) is 0 Å². The molecular formula is C27H26ClN5O5. The molecule has 0 spiro atoms. The SMILES string of the molecule is COC(=O)[C@@H](C)Cn1c(=O)[nH]/c(=N\c2ccc(Oc3ccc(Cl)cn3)cc2)n(Cc2ccc(C)cc2)c1=O. The maximum Gasteiger partial charge on any atom is 0.335 e. The van der Waals surface area contributed by atoms with Gasteiger partial charge in [0.1, 0.15) is 5.75 Å². The molecule has 2 heterocycles. The Morgan fingerprint density at radius 3 is 2.39 bits per heavy atom. The number of carbonyl (C=O) groups is 1. The highest BCUT2D eigenvalue weighted by atomic mass is 35.5. The number of nitrogens with one attached hydrogen (secondary N) is 1. The molecule has 0 aliphatic heterocycles. The monoisotopic (exact) mass is 535 g/mol. The number of ether oxygens (including phenoxy) is 2. The molecule has 0 fully saturated rings. The molecule has 0 unspecified atom stereocenters. The molecule has 10 nitrogen and oxygen atoms in total. The summed E-state index contributed by atoms with van der Waals surface area (Å²) in [5.41, 5.74) is 1.18. The zero-order valence-corrected chi connectivity index (χ0v) is 21.8. The van der Waals surface area contributed by atoms with Crippen molar-refractivity contribution in [1.29, 1.82) is 0 Å². The summed E-state index contributed by atoms with van der Waals surface area (Å²) in [5.74, 6) is -0.320. The van der Waals surface area contributed by atoms with Gasteiger partial charge in [-0.1, -0.05) is 48.4 Å². The van der Waals surface area contributed by atoms with E-state index in [1.54, 1.807) is 43.3 Å². The lowest BCUT2D eigenvalue weighted by Crippen LogP contribution is -2.51. The molecule has 11 heteroatoms. The van der Waals surface area contributed by atoms with Crippen molar-refractivity contribution >= 4 is 23.3 Å². The minimum atomic E-state index is -0.697. The fraction of sp³-hybridized carbons (Fsp3) is 0.222. The minimum Gasteiger partial charge on any atom is -0.469 e. The largest absolute Gasteiger partial charge is 0.469 e. The highest BCUT2D eigenvalue weighted by molar-refractivity contribution is 6.30. The second kappa shape index (κ2) is 11.7. The Bertz CT molecular complexity index is 1600. The van der Waals surface area contributed by atoms with Gasteiger partial charge in [-0.05, 0) is 42.8 Å². The van der Waals surface area contributed by atoms with Gasteiger partial charge in [0.05, 0.1) is 30.3 Å². The van der Waals surface area contributed by atoms with Gasteiger partial charge >= 0.3 is 17.3 Å². The molecule has 0 bridgehead atoms. The lowest BCUT2D eigenvalue weighted by molar-refractivity contribution is -0.145. The van der Waals surface area contributed by atoms with E-state index < -0.39 is 23.3 Å². The number of H-pyrrole nitrogens is 1. The standard InChI is InChI=1S/C27H26ClN5O5/c1-17-4-6-19(7-5-17)16-32-25(31-26(35)33(27(32)36)15-18(2)24(34)37-3)30-21-9-11-22(12-10-21)38-23-13-8-20(28)14-29-23/h4-14,18H,15-16H2,1-3H3,(H,30,31,35)/t18-/m0/s1. The van der Waals surface area contributed by atoms with E-state index in [4.69, 9.17) is 21.1 Å². The molecule has 0 saturated carbocycles. The lowest BCUT2D eigenvalue weighted by Gasteiger charge is -2.14. The number of pyridine rings is 1. The molecule has 196 valence electrons. The van der Waals surface area contributed by atoms with E-state index in [1.165, 1.54) is 17.9 Å². The third kappa shape index (κ3) is 6.46. The molecule has 4 rings (SSSR count). The van der Waals surface area contributed by atoms with Crippen LogP contribution in [0.1, 0.15) is 18.1 Å². The van der Waals surface area contributed by atoms with Crippen LogP contribution in [-0.2, 0) is 22.6 Å². The summed E-state index contributed by atoms with van der Waals surface area (Å²) >= 11 is 5.86. The van der Waals surface area contributed by atoms with Crippen molar-refractivity contribution in [3.8, 4) is 11.6 Å². The molecule has 1 N–H and O–H groups in total. The van der Waals surface area contributed by atoms with Crippen molar-refractivity contribution in [1.82, 2.24) is 19.1 Å². The van der Waals surface area contributed by atoms with Crippen molar-refractivity contribution in [3.63, 3.8) is 0 Å². The van der Waals surface area contributed by atoms with Crippen molar-refractivity contribution in [2.45, 2.75) is 26.9 Å². The van der Waals surface area contributed by atoms with Gasteiger partial charge in [0.25, 0.3) is 0 Å². The summed E-state index contributed by atoms with van der Waals surface area (Å²) in [6, 6.07) is 17.7. The van der Waals surface area contributed by atoms with Crippen LogP contribution >= 0.6 is 11.6 Å². The molecule has 2 aromatic carbocycles. The third-order valence-electron chi connectivity index (χ3n) is 5.70. The van der Waals surface area contributed by atoms with Crippen LogP contribution in [0.5, 0.6) is 11.6 Å². The van der Waals surface area contributed by atoms with Gasteiger partial charge in [-0.25, -0.2) is 24.1 Å². The topological polar surface area (TPSA) is 121 Å². The predicted molar refractivity (Wildman–Crippen MR) is 142 cm³/mol. The average molecular weight is 536 g/mol. The first-order chi connectivity index (χ1) is 18.2. The maximum absolute atomic E-state index is 13.5. The van der Waals surface area contributed by atoms with Gasteiger partial charge in [0, 0.05) is 18.8 Å². The van der Waals surface area contributed by atoms with E-state index in [2.05, 4.69) is 15.0 Å². The summed E-state index contributed by atoms with van der Waals surface area (Å²) in [7, 11) is 1.26. The van der Waals surface area contributed by atoms with E-state index >= 15 is 0 Å². The molecule has 0 saturated heterocycles. The van der Waals surface area contributed by atoms with Crippen LogP contribution in [0.25, 0.3) is 0 Å². The van der Waals surface area contributed by atoms with Crippen LogP contribution in [-0.4, -0.2) is 32.2 Å². The zero-order valence-electron chi connectivity index (χ0n) is 21.1. The molecule has 38 heavy (non-hydrogen) atoms. The van der Waals surface area contributed by atoms with E-state index in [1.807, 2.05) is 31.2 Å². The Balaban J connectivity index is 1.73. The fourth-order valence-electron chi connectivity index (χ4n) is 3.63. The molecule has 0 aliphatic rings. The number of halogens is 1. The van der Waals surface area contributed by atoms with Crippen molar-refractivity contribution in [2.75, 3.05) is 7.11 Å². The number of hydrogen-bond donors (Lipinski definition) is 1. The molecule has 4 aromatic rings. The summed E-state index contributed by atoms with van der Waals surface area (Å²) in [5, 5.41) is 0.501. The van der Waals surface area contributed by atoms with Crippen molar-refractivity contribution in [3.05, 3.63) is 110 Å². The first-order valence-corrected chi connectivity index (χ1v) is 12.1. The summed E-state index contributed by atoms with van der Waals surface area (Å²) in [4.78, 5) is 49.6.